The van der Waals surface area contributed by atoms with Gasteiger partial charge in [0.25, 0.3) is 0 Å². The van der Waals surface area contributed by atoms with Crippen LogP contribution in [0, 0.1) is 5.82 Å². The number of halogens is 1. The number of hydrogen-bond acceptors (Lipinski definition) is 3. The fraction of sp³-hybridized carbons (Fsp3) is 0.500. The first-order chi connectivity index (χ1) is 11.2. The Kier molecular flexibility index (Phi) is 5.28. The van der Waals surface area contributed by atoms with Gasteiger partial charge in [-0.3, -0.25) is 5.10 Å². The molecule has 3 rings (SSSR count). The number of rotatable bonds is 7. The van der Waals surface area contributed by atoms with Crippen molar-refractivity contribution >= 4 is 0 Å². The van der Waals surface area contributed by atoms with Crippen LogP contribution in [0.1, 0.15) is 37.1 Å². The van der Waals surface area contributed by atoms with Gasteiger partial charge in [0.1, 0.15) is 11.6 Å². The van der Waals surface area contributed by atoms with Crippen LogP contribution < -0.4 is 4.74 Å². The van der Waals surface area contributed by atoms with E-state index in [1.54, 1.807) is 12.1 Å². The second-order valence-corrected chi connectivity index (χ2v) is 6.16. The van der Waals surface area contributed by atoms with Crippen LogP contribution in [0.25, 0.3) is 0 Å². The van der Waals surface area contributed by atoms with Crippen molar-refractivity contribution in [3.05, 3.63) is 47.5 Å². The van der Waals surface area contributed by atoms with Crippen molar-refractivity contribution in [2.45, 2.75) is 32.1 Å². The maximum absolute atomic E-state index is 12.8. The molecule has 1 N–H and O–H groups in total. The summed E-state index contributed by atoms with van der Waals surface area (Å²) in [6.07, 6.45) is 3.17. The highest BCUT2D eigenvalue weighted by Crippen LogP contribution is 2.26. The summed E-state index contributed by atoms with van der Waals surface area (Å²) in [6, 6.07) is 8.27. The molecule has 1 aromatic heterocycles. The predicted octanol–water partition coefficient (Wildman–Crippen LogP) is 3.37. The van der Waals surface area contributed by atoms with Crippen molar-refractivity contribution in [3.63, 3.8) is 0 Å². The zero-order valence-corrected chi connectivity index (χ0v) is 13.6. The van der Waals surface area contributed by atoms with Gasteiger partial charge in [-0.15, -0.1) is 0 Å². The Hall–Kier alpha value is -1.88. The second-order valence-electron chi connectivity index (χ2n) is 6.16. The molecule has 1 aliphatic heterocycles. The van der Waals surface area contributed by atoms with Crippen LogP contribution in [0.3, 0.4) is 0 Å². The van der Waals surface area contributed by atoms with Gasteiger partial charge in [0.15, 0.2) is 0 Å². The van der Waals surface area contributed by atoms with Crippen LogP contribution in [0.4, 0.5) is 4.39 Å². The zero-order valence-electron chi connectivity index (χ0n) is 13.6. The summed E-state index contributed by atoms with van der Waals surface area (Å²) in [5.74, 6) is 0.992. The number of benzene rings is 1. The number of likely N-dealkylation sites (tertiary alicyclic amines) is 1. The van der Waals surface area contributed by atoms with Crippen LogP contribution in [0.5, 0.6) is 5.75 Å². The van der Waals surface area contributed by atoms with E-state index in [0.29, 0.717) is 18.3 Å². The third-order valence-electron chi connectivity index (χ3n) is 4.33. The molecule has 124 valence electrons. The van der Waals surface area contributed by atoms with E-state index in [2.05, 4.69) is 28.1 Å². The molecular formula is C18H24FN3O. The number of hydrogen-bond donors (Lipinski definition) is 1. The lowest BCUT2D eigenvalue weighted by Gasteiger charge is -2.13. The summed E-state index contributed by atoms with van der Waals surface area (Å²) in [7, 11) is 0. The topological polar surface area (TPSA) is 41.1 Å². The quantitative estimate of drug-likeness (QED) is 0.851. The average molecular weight is 317 g/mol. The van der Waals surface area contributed by atoms with Gasteiger partial charge in [-0.05, 0) is 56.3 Å². The molecule has 0 bridgehead atoms. The fourth-order valence-electron chi connectivity index (χ4n) is 3.12. The Morgan fingerprint density at radius 3 is 2.96 bits per heavy atom. The lowest BCUT2D eigenvalue weighted by molar-refractivity contribution is 0.320. The largest absolute Gasteiger partial charge is 0.493 e. The van der Waals surface area contributed by atoms with Gasteiger partial charge in [0.05, 0.1) is 12.3 Å². The molecule has 1 saturated heterocycles. The van der Waals surface area contributed by atoms with Crippen molar-refractivity contribution in [2.75, 3.05) is 26.2 Å². The number of nitrogens with one attached hydrogen (secondary N) is 1. The minimum atomic E-state index is -0.246. The van der Waals surface area contributed by atoms with Crippen LogP contribution >= 0.6 is 0 Å². The highest BCUT2D eigenvalue weighted by Gasteiger charge is 2.25. The molecule has 0 unspecified atom stereocenters. The normalized spacial score (nSPS) is 18.4. The van der Waals surface area contributed by atoms with E-state index in [1.807, 2.05) is 0 Å². The first kappa shape index (κ1) is 16.0. The fourth-order valence-corrected chi connectivity index (χ4v) is 3.12. The monoisotopic (exact) mass is 317 g/mol. The molecule has 0 saturated carbocycles. The highest BCUT2D eigenvalue weighted by molar-refractivity contribution is 5.22. The molecule has 1 atom stereocenters. The van der Waals surface area contributed by atoms with E-state index in [9.17, 15) is 4.39 Å². The standard InChI is InChI=1S/C18H24FN3O/c1-2-9-22-10-7-14(13-22)18-12-16(20-21-18)8-11-23-17-5-3-15(19)4-6-17/h3-6,12,14H,2,7-11,13H2,1H3,(H,20,21)/t14-/m0/s1. The third-order valence-corrected chi connectivity index (χ3v) is 4.33. The Bertz CT molecular complexity index is 611. The Labute approximate surface area is 136 Å². The molecule has 0 radical (unpaired) electrons. The van der Waals surface area contributed by atoms with Crippen molar-refractivity contribution in [1.82, 2.24) is 15.1 Å². The van der Waals surface area contributed by atoms with Crippen molar-refractivity contribution < 1.29 is 9.13 Å². The smallest absolute Gasteiger partial charge is 0.123 e. The second kappa shape index (κ2) is 7.59. The summed E-state index contributed by atoms with van der Waals surface area (Å²) in [5, 5.41) is 7.59. The van der Waals surface area contributed by atoms with Crippen molar-refractivity contribution in [1.29, 1.82) is 0 Å². The van der Waals surface area contributed by atoms with Gasteiger partial charge in [-0.1, -0.05) is 6.92 Å². The maximum Gasteiger partial charge on any atom is 0.123 e. The molecule has 0 amide bonds. The van der Waals surface area contributed by atoms with E-state index in [4.69, 9.17) is 4.74 Å². The van der Waals surface area contributed by atoms with Crippen LogP contribution in [0.2, 0.25) is 0 Å². The maximum atomic E-state index is 12.8. The molecule has 2 aromatic rings. The average Bonchev–Trinajstić information content (AvgIpc) is 3.19. The van der Waals surface area contributed by atoms with E-state index in [-0.39, 0.29) is 5.82 Å². The van der Waals surface area contributed by atoms with Crippen LogP contribution in [0.15, 0.2) is 30.3 Å². The zero-order chi connectivity index (χ0) is 16.1. The summed E-state index contributed by atoms with van der Waals surface area (Å²) in [4.78, 5) is 2.51. The number of aromatic amines is 1. The minimum Gasteiger partial charge on any atom is -0.493 e. The van der Waals surface area contributed by atoms with Gasteiger partial charge in [0, 0.05) is 24.6 Å². The van der Waals surface area contributed by atoms with Gasteiger partial charge in [-0.2, -0.15) is 5.10 Å². The molecular weight excluding hydrogens is 293 g/mol. The molecule has 1 fully saturated rings. The summed E-state index contributed by atoms with van der Waals surface area (Å²) >= 11 is 0. The lowest BCUT2D eigenvalue weighted by atomic mass is 10.0. The molecule has 0 spiro atoms. The van der Waals surface area contributed by atoms with Gasteiger partial charge in [-0.25, -0.2) is 4.39 Å². The summed E-state index contributed by atoms with van der Waals surface area (Å²) < 4.78 is 18.5. The Morgan fingerprint density at radius 2 is 2.17 bits per heavy atom. The highest BCUT2D eigenvalue weighted by atomic mass is 19.1. The van der Waals surface area contributed by atoms with E-state index < -0.39 is 0 Å². The van der Waals surface area contributed by atoms with E-state index in [0.717, 1.165) is 18.7 Å². The predicted molar refractivity (Wildman–Crippen MR) is 88.3 cm³/mol. The molecule has 1 aromatic carbocycles. The third kappa shape index (κ3) is 4.32. The van der Waals surface area contributed by atoms with Gasteiger partial charge < -0.3 is 9.64 Å². The van der Waals surface area contributed by atoms with Gasteiger partial charge in [0.2, 0.25) is 0 Å². The van der Waals surface area contributed by atoms with E-state index in [1.165, 1.54) is 43.8 Å². The molecule has 5 heteroatoms. The lowest BCUT2D eigenvalue weighted by Crippen LogP contribution is -2.20. The molecule has 4 nitrogen and oxygen atoms in total. The Morgan fingerprint density at radius 1 is 1.35 bits per heavy atom. The first-order valence-electron chi connectivity index (χ1n) is 8.39. The number of nitrogens with zero attached hydrogens (tertiary/aromatic N) is 2. The minimum absolute atomic E-state index is 0.246. The molecule has 1 aliphatic rings. The Balaban J connectivity index is 1.47. The SMILES string of the molecule is CCCN1CC[C@H](c2cc(CCOc3ccc(F)cc3)[nH]n2)C1. The first-order valence-corrected chi connectivity index (χ1v) is 8.39. The van der Waals surface area contributed by atoms with Gasteiger partial charge >= 0.3 is 0 Å². The molecule has 23 heavy (non-hydrogen) atoms. The molecule has 2 heterocycles. The van der Waals surface area contributed by atoms with Crippen LogP contribution in [-0.4, -0.2) is 41.3 Å². The van der Waals surface area contributed by atoms with Crippen molar-refractivity contribution in [3.8, 4) is 5.75 Å². The van der Waals surface area contributed by atoms with E-state index >= 15 is 0 Å². The van der Waals surface area contributed by atoms with Crippen molar-refractivity contribution in [2.24, 2.45) is 0 Å². The van der Waals surface area contributed by atoms with Crippen LogP contribution in [-0.2, 0) is 6.42 Å². The number of aromatic nitrogens is 2. The summed E-state index contributed by atoms with van der Waals surface area (Å²) in [5.41, 5.74) is 2.26. The number of H-pyrrole nitrogens is 1. The summed E-state index contributed by atoms with van der Waals surface area (Å²) in [6.45, 7) is 6.25. The molecule has 0 aliphatic carbocycles. The number of ether oxygens (including phenoxy) is 1.